The van der Waals surface area contributed by atoms with Gasteiger partial charge in [-0.05, 0) is 33.5 Å². The normalized spacial score (nSPS) is 13.6. The molecule has 60 valence electrons. The van der Waals surface area contributed by atoms with Gasteiger partial charge in [0.1, 0.15) is 0 Å². The van der Waals surface area contributed by atoms with Gasteiger partial charge < -0.3 is 4.90 Å². The molecular formula is C7H16N2O. The maximum Gasteiger partial charge on any atom is 0.0929 e. The molecule has 0 saturated heterocycles. The van der Waals surface area contributed by atoms with Gasteiger partial charge in [-0.25, -0.2) is 0 Å². The number of rotatable bonds is 5. The van der Waals surface area contributed by atoms with Gasteiger partial charge in [0.15, 0.2) is 0 Å². The Labute approximate surface area is 62.4 Å². The summed E-state index contributed by atoms with van der Waals surface area (Å²) in [6.07, 6.45) is 1.74. The molecule has 0 rings (SSSR count). The molecule has 0 spiro atoms. The molecule has 0 aliphatic rings. The van der Waals surface area contributed by atoms with Crippen LogP contribution in [0.2, 0.25) is 0 Å². The number of nitroso groups, excluding NO2 is 1. The minimum absolute atomic E-state index is 0.0161. The maximum atomic E-state index is 10.1. The molecule has 0 bridgehead atoms. The van der Waals surface area contributed by atoms with E-state index in [0.29, 0.717) is 0 Å². The van der Waals surface area contributed by atoms with Gasteiger partial charge in [-0.3, -0.25) is 0 Å². The molecule has 10 heavy (non-hydrogen) atoms. The first-order chi connectivity index (χ1) is 4.70. The molecular weight excluding hydrogens is 128 g/mol. The van der Waals surface area contributed by atoms with Crippen molar-refractivity contribution < 1.29 is 0 Å². The molecule has 0 aromatic heterocycles. The lowest BCUT2D eigenvalue weighted by Crippen LogP contribution is -2.17. The molecule has 0 N–H and O–H groups in total. The molecule has 1 atom stereocenters. The first kappa shape index (κ1) is 9.56. The molecule has 0 heterocycles. The second-order valence-electron chi connectivity index (χ2n) is 2.76. The van der Waals surface area contributed by atoms with Crippen LogP contribution in [0.3, 0.4) is 0 Å². The fourth-order valence-corrected chi connectivity index (χ4v) is 0.739. The minimum atomic E-state index is 0.0161. The molecule has 0 fully saturated rings. The summed E-state index contributed by atoms with van der Waals surface area (Å²) in [5.74, 6) is 0. The molecule has 0 radical (unpaired) electrons. The van der Waals surface area contributed by atoms with Crippen LogP contribution in [0.25, 0.3) is 0 Å². The highest BCUT2D eigenvalue weighted by Crippen LogP contribution is 2.02. The van der Waals surface area contributed by atoms with Crippen LogP contribution < -0.4 is 0 Å². The van der Waals surface area contributed by atoms with Crippen molar-refractivity contribution >= 4 is 0 Å². The van der Waals surface area contributed by atoms with E-state index < -0.39 is 0 Å². The summed E-state index contributed by atoms with van der Waals surface area (Å²) in [7, 11) is 4.00. The quantitative estimate of drug-likeness (QED) is 0.547. The largest absolute Gasteiger partial charge is 0.309 e. The zero-order chi connectivity index (χ0) is 7.98. The van der Waals surface area contributed by atoms with E-state index in [-0.39, 0.29) is 6.04 Å². The van der Waals surface area contributed by atoms with Crippen LogP contribution in [0.15, 0.2) is 5.18 Å². The smallest absolute Gasteiger partial charge is 0.0929 e. The highest BCUT2D eigenvalue weighted by Gasteiger charge is 2.04. The van der Waals surface area contributed by atoms with E-state index in [9.17, 15) is 4.91 Å². The van der Waals surface area contributed by atoms with E-state index >= 15 is 0 Å². The fraction of sp³-hybridized carbons (Fsp3) is 1.00. The molecule has 0 aliphatic heterocycles. The summed E-state index contributed by atoms with van der Waals surface area (Å²) >= 11 is 0. The monoisotopic (exact) mass is 144 g/mol. The summed E-state index contributed by atoms with van der Waals surface area (Å²) in [6, 6.07) is 0.0161. The summed E-state index contributed by atoms with van der Waals surface area (Å²) < 4.78 is 0. The molecule has 0 aromatic carbocycles. The van der Waals surface area contributed by atoms with E-state index in [1.54, 1.807) is 0 Å². The Bertz CT molecular complexity index is 93.6. The lowest BCUT2D eigenvalue weighted by Gasteiger charge is -2.10. The summed E-state index contributed by atoms with van der Waals surface area (Å²) in [4.78, 5) is 12.1. The van der Waals surface area contributed by atoms with Gasteiger partial charge in [-0.1, -0.05) is 12.1 Å². The molecule has 0 aromatic rings. The van der Waals surface area contributed by atoms with Gasteiger partial charge in [0.2, 0.25) is 0 Å². The standard InChI is InChI=1S/C7H16N2O/c1-4-7(8-10)5-6-9(2)3/h7H,4-6H2,1-3H3. The zero-order valence-electron chi connectivity index (χ0n) is 7.00. The number of hydrogen-bond donors (Lipinski definition) is 0. The SMILES string of the molecule is CCC(CCN(C)C)N=O. The van der Waals surface area contributed by atoms with E-state index in [2.05, 4.69) is 10.1 Å². The molecule has 3 nitrogen and oxygen atoms in total. The van der Waals surface area contributed by atoms with E-state index in [1.165, 1.54) is 0 Å². The second-order valence-corrected chi connectivity index (χ2v) is 2.76. The van der Waals surface area contributed by atoms with Crippen molar-refractivity contribution in [3.8, 4) is 0 Å². The van der Waals surface area contributed by atoms with Crippen molar-refractivity contribution in [1.29, 1.82) is 0 Å². The van der Waals surface area contributed by atoms with Gasteiger partial charge in [0.25, 0.3) is 0 Å². The topological polar surface area (TPSA) is 32.7 Å². The Morgan fingerprint density at radius 2 is 2.10 bits per heavy atom. The Morgan fingerprint density at radius 1 is 1.50 bits per heavy atom. The summed E-state index contributed by atoms with van der Waals surface area (Å²) in [5, 5.41) is 3.00. The highest BCUT2D eigenvalue weighted by atomic mass is 16.3. The fourth-order valence-electron chi connectivity index (χ4n) is 0.739. The van der Waals surface area contributed by atoms with E-state index in [4.69, 9.17) is 0 Å². The summed E-state index contributed by atoms with van der Waals surface area (Å²) in [6.45, 7) is 2.94. The predicted octanol–water partition coefficient (Wildman–Crippen LogP) is 1.48. The molecule has 0 saturated carbocycles. The van der Waals surface area contributed by atoms with Crippen LogP contribution in [0.5, 0.6) is 0 Å². The third kappa shape index (κ3) is 4.44. The van der Waals surface area contributed by atoms with Crippen LogP contribution in [0.1, 0.15) is 19.8 Å². The van der Waals surface area contributed by atoms with Crippen molar-refractivity contribution in [2.45, 2.75) is 25.8 Å². The molecule has 0 amide bonds. The lowest BCUT2D eigenvalue weighted by molar-refractivity contribution is 0.378. The van der Waals surface area contributed by atoms with Gasteiger partial charge in [0.05, 0.1) is 6.04 Å². The number of hydrogen-bond acceptors (Lipinski definition) is 3. The molecule has 0 aliphatic carbocycles. The third-order valence-electron chi connectivity index (χ3n) is 1.53. The van der Waals surface area contributed by atoms with Crippen LogP contribution >= 0.6 is 0 Å². The molecule has 3 heteroatoms. The van der Waals surface area contributed by atoms with Crippen LogP contribution in [-0.4, -0.2) is 31.6 Å². The first-order valence-electron chi connectivity index (χ1n) is 3.68. The summed E-state index contributed by atoms with van der Waals surface area (Å²) in [5.41, 5.74) is 0. The maximum absolute atomic E-state index is 10.1. The van der Waals surface area contributed by atoms with Crippen molar-refractivity contribution in [1.82, 2.24) is 4.90 Å². The van der Waals surface area contributed by atoms with Crippen molar-refractivity contribution in [3.05, 3.63) is 4.91 Å². The Hall–Kier alpha value is -0.440. The average molecular weight is 144 g/mol. The second kappa shape index (κ2) is 5.35. The molecule has 1 unspecified atom stereocenters. The van der Waals surface area contributed by atoms with Crippen LogP contribution in [0, 0.1) is 4.91 Å². The van der Waals surface area contributed by atoms with Crippen molar-refractivity contribution in [2.24, 2.45) is 5.18 Å². The van der Waals surface area contributed by atoms with Crippen LogP contribution in [-0.2, 0) is 0 Å². The van der Waals surface area contributed by atoms with Crippen molar-refractivity contribution in [3.63, 3.8) is 0 Å². The first-order valence-corrected chi connectivity index (χ1v) is 3.68. The van der Waals surface area contributed by atoms with Gasteiger partial charge in [-0.2, -0.15) is 4.91 Å². The highest BCUT2D eigenvalue weighted by molar-refractivity contribution is 4.63. The Balaban J connectivity index is 3.34. The predicted molar refractivity (Wildman–Crippen MR) is 43.0 cm³/mol. The van der Waals surface area contributed by atoms with Gasteiger partial charge >= 0.3 is 0 Å². The van der Waals surface area contributed by atoms with E-state index in [0.717, 1.165) is 19.4 Å². The van der Waals surface area contributed by atoms with Crippen molar-refractivity contribution in [2.75, 3.05) is 20.6 Å². The Kier molecular flexibility index (Phi) is 5.12. The zero-order valence-corrected chi connectivity index (χ0v) is 7.00. The van der Waals surface area contributed by atoms with Gasteiger partial charge in [-0.15, -0.1) is 0 Å². The average Bonchev–Trinajstić information content (AvgIpc) is 1.90. The lowest BCUT2D eigenvalue weighted by atomic mass is 10.2. The van der Waals surface area contributed by atoms with Gasteiger partial charge in [0, 0.05) is 0 Å². The Morgan fingerprint density at radius 3 is 2.40 bits per heavy atom. The minimum Gasteiger partial charge on any atom is -0.309 e. The van der Waals surface area contributed by atoms with Crippen LogP contribution in [0.4, 0.5) is 0 Å². The number of nitrogens with zero attached hydrogens (tertiary/aromatic N) is 2. The third-order valence-corrected chi connectivity index (χ3v) is 1.53. The van der Waals surface area contributed by atoms with E-state index in [1.807, 2.05) is 21.0 Å².